The summed E-state index contributed by atoms with van der Waals surface area (Å²) in [6.45, 7) is 4.90. The average Bonchev–Trinajstić information content (AvgIpc) is 2.48. The SMILES string of the molecule is CCCCC(CC)COC(=O)CCSc1cncnc1. The standard InChI is InChI=1S/C15H24N2O2S/c1-3-5-6-13(4-2)11-19-15(18)7-8-20-14-9-16-12-17-10-14/h9-10,12-13H,3-8,11H2,1-2H3. The molecule has 112 valence electrons. The fourth-order valence-electron chi connectivity index (χ4n) is 1.79. The maximum atomic E-state index is 11.7. The fourth-order valence-corrected chi connectivity index (χ4v) is 2.57. The fraction of sp³-hybridized carbons (Fsp3) is 0.667. The molecule has 1 heterocycles. The van der Waals surface area contributed by atoms with Crippen LogP contribution in [-0.4, -0.2) is 28.3 Å². The summed E-state index contributed by atoms with van der Waals surface area (Å²) in [5, 5.41) is 0. The van der Waals surface area contributed by atoms with Crippen LogP contribution in [0.15, 0.2) is 23.6 Å². The summed E-state index contributed by atoms with van der Waals surface area (Å²) in [6.07, 6.45) is 10.1. The smallest absolute Gasteiger partial charge is 0.306 e. The van der Waals surface area contributed by atoms with Crippen LogP contribution in [0.2, 0.25) is 0 Å². The maximum Gasteiger partial charge on any atom is 0.306 e. The number of thioether (sulfide) groups is 1. The van der Waals surface area contributed by atoms with Crippen LogP contribution >= 0.6 is 11.8 Å². The summed E-state index contributed by atoms with van der Waals surface area (Å²) in [5.41, 5.74) is 0. The van der Waals surface area contributed by atoms with Crippen LogP contribution in [-0.2, 0) is 9.53 Å². The molecule has 1 unspecified atom stereocenters. The predicted molar refractivity (Wildman–Crippen MR) is 81.6 cm³/mol. The summed E-state index contributed by atoms with van der Waals surface area (Å²) in [7, 11) is 0. The summed E-state index contributed by atoms with van der Waals surface area (Å²) >= 11 is 1.58. The maximum absolute atomic E-state index is 11.7. The molecule has 0 aliphatic heterocycles. The summed E-state index contributed by atoms with van der Waals surface area (Å²) in [6, 6.07) is 0. The Balaban J connectivity index is 2.13. The highest BCUT2D eigenvalue weighted by Gasteiger charge is 2.10. The average molecular weight is 296 g/mol. The normalized spacial score (nSPS) is 12.1. The first kappa shape index (κ1) is 17.0. The van der Waals surface area contributed by atoms with Crippen LogP contribution in [0.1, 0.15) is 46.0 Å². The Morgan fingerprint density at radius 3 is 2.75 bits per heavy atom. The van der Waals surface area contributed by atoms with Gasteiger partial charge in [-0.2, -0.15) is 0 Å². The van der Waals surface area contributed by atoms with Crippen molar-refractivity contribution >= 4 is 17.7 Å². The van der Waals surface area contributed by atoms with E-state index in [1.165, 1.54) is 19.2 Å². The molecule has 0 saturated carbocycles. The molecule has 0 bridgehead atoms. The molecular weight excluding hydrogens is 272 g/mol. The summed E-state index contributed by atoms with van der Waals surface area (Å²) < 4.78 is 5.35. The number of hydrogen-bond acceptors (Lipinski definition) is 5. The predicted octanol–water partition coefficient (Wildman–Crippen LogP) is 3.72. The molecule has 1 rings (SSSR count). The van der Waals surface area contributed by atoms with Crippen LogP contribution in [0, 0.1) is 5.92 Å². The van der Waals surface area contributed by atoms with Gasteiger partial charge in [0.2, 0.25) is 0 Å². The number of aromatic nitrogens is 2. The van der Waals surface area contributed by atoms with E-state index in [0.717, 1.165) is 17.7 Å². The minimum atomic E-state index is -0.107. The molecule has 1 aromatic heterocycles. The number of esters is 1. The van der Waals surface area contributed by atoms with Crippen molar-refractivity contribution in [3.8, 4) is 0 Å². The largest absolute Gasteiger partial charge is 0.465 e. The molecule has 5 heteroatoms. The quantitative estimate of drug-likeness (QED) is 0.486. The molecule has 4 nitrogen and oxygen atoms in total. The van der Waals surface area contributed by atoms with Gasteiger partial charge in [0.05, 0.1) is 13.0 Å². The molecular formula is C15H24N2O2S. The summed E-state index contributed by atoms with van der Waals surface area (Å²) in [5.74, 6) is 1.11. The van der Waals surface area contributed by atoms with E-state index in [9.17, 15) is 4.79 Å². The van der Waals surface area contributed by atoms with Gasteiger partial charge in [-0.3, -0.25) is 4.79 Å². The number of nitrogens with zero attached hydrogens (tertiary/aromatic N) is 2. The van der Waals surface area contributed by atoms with Crippen LogP contribution in [0.25, 0.3) is 0 Å². The van der Waals surface area contributed by atoms with Crippen molar-refractivity contribution in [2.45, 2.75) is 50.8 Å². The van der Waals surface area contributed by atoms with Crippen molar-refractivity contribution in [3.05, 3.63) is 18.7 Å². The Bertz CT molecular complexity index is 373. The second kappa shape index (κ2) is 10.7. The van der Waals surface area contributed by atoms with E-state index in [2.05, 4.69) is 23.8 Å². The first-order valence-corrected chi connectivity index (χ1v) is 8.28. The van der Waals surface area contributed by atoms with Gasteiger partial charge < -0.3 is 4.74 Å². The third kappa shape index (κ3) is 7.48. The third-order valence-corrected chi connectivity index (χ3v) is 4.09. The Labute approximate surface area is 125 Å². The lowest BCUT2D eigenvalue weighted by Gasteiger charge is -2.14. The third-order valence-electron chi connectivity index (χ3n) is 3.14. The number of hydrogen-bond donors (Lipinski definition) is 0. The number of ether oxygens (including phenoxy) is 1. The monoisotopic (exact) mass is 296 g/mol. The Kier molecular flexibility index (Phi) is 9.04. The number of carbonyl (C=O) groups excluding carboxylic acids is 1. The molecule has 0 amide bonds. The zero-order chi connectivity index (χ0) is 14.6. The first-order chi connectivity index (χ1) is 9.76. The van der Waals surface area contributed by atoms with E-state index in [1.807, 2.05) is 0 Å². The van der Waals surface area contributed by atoms with E-state index in [1.54, 1.807) is 24.2 Å². The van der Waals surface area contributed by atoms with Crippen LogP contribution in [0.4, 0.5) is 0 Å². The van der Waals surface area contributed by atoms with Crippen molar-refractivity contribution in [1.29, 1.82) is 0 Å². The van der Waals surface area contributed by atoms with Gasteiger partial charge in [-0.1, -0.05) is 33.1 Å². The molecule has 0 saturated heterocycles. The van der Waals surface area contributed by atoms with Gasteiger partial charge in [-0.15, -0.1) is 11.8 Å². The molecule has 1 atom stereocenters. The lowest BCUT2D eigenvalue weighted by Crippen LogP contribution is -2.14. The minimum absolute atomic E-state index is 0.107. The van der Waals surface area contributed by atoms with Crippen LogP contribution in [0.3, 0.4) is 0 Å². The molecule has 20 heavy (non-hydrogen) atoms. The highest BCUT2D eigenvalue weighted by molar-refractivity contribution is 7.99. The lowest BCUT2D eigenvalue weighted by atomic mass is 10.0. The molecule has 0 spiro atoms. The minimum Gasteiger partial charge on any atom is -0.465 e. The van der Waals surface area contributed by atoms with Crippen LogP contribution in [0.5, 0.6) is 0 Å². The Hall–Kier alpha value is -1.10. The van der Waals surface area contributed by atoms with Gasteiger partial charge >= 0.3 is 5.97 Å². The molecule has 0 aliphatic carbocycles. The molecule has 0 aliphatic rings. The molecule has 1 aromatic rings. The van der Waals surface area contributed by atoms with Crippen molar-refractivity contribution < 1.29 is 9.53 Å². The van der Waals surface area contributed by atoms with E-state index in [-0.39, 0.29) is 5.97 Å². The number of rotatable bonds is 10. The first-order valence-electron chi connectivity index (χ1n) is 7.29. The zero-order valence-corrected chi connectivity index (χ0v) is 13.2. The van der Waals surface area contributed by atoms with Crippen molar-refractivity contribution in [2.24, 2.45) is 5.92 Å². The highest BCUT2D eigenvalue weighted by atomic mass is 32.2. The zero-order valence-electron chi connectivity index (χ0n) is 12.4. The Morgan fingerprint density at radius 2 is 2.10 bits per heavy atom. The van der Waals surface area contributed by atoms with Crippen molar-refractivity contribution in [1.82, 2.24) is 9.97 Å². The topological polar surface area (TPSA) is 52.1 Å². The van der Waals surface area contributed by atoms with Gasteiger partial charge in [-0.25, -0.2) is 9.97 Å². The number of carbonyl (C=O) groups is 1. The molecule has 0 N–H and O–H groups in total. The van der Waals surface area contributed by atoms with E-state index >= 15 is 0 Å². The summed E-state index contributed by atoms with van der Waals surface area (Å²) in [4.78, 5) is 20.5. The van der Waals surface area contributed by atoms with E-state index in [0.29, 0.717) is 24.7 Å². The van der Waals surface area contributed by atoms with Gasteiger partial charge in [0, 0.05) is 23.0 Å². The van der Waals surface area contributed by atoms with Crippen LogP contribution < -0.4 is 0 Å². The molecule has 0 fully saturated rings. The lowest BCUT2D eigenvalue weighted by molar-refractivity contribution is -0.144. The van der Waals surface area contributed by atoms with Gasteiger partial charge in [-0.05, 0) is 12.3 Å². The highest BCUT2D eigenvalue weighted by Crippen LogP contribution is 2.17. The van der Waals surface area contributed by atoms with Crippen molar-refractivity contribution in [2.75, 3.05) is 12.4 Å². The Morgan fingerprint density at radius 1 is 1.35 bits per heavy atom. The molecule has 0 radical (unpaired) electrons. The van der Waals surface area contributed by atoms with Gasteiger partial charge in [0.15, 0.2) is 0 Å². The van der Waals surface area contributed by atoms with Gasteiger partial charge in [0.1, 0.15) is 6.33 Å². The van der Waals surface area contributed by atoms with E-state index in [4.69, 9.17) is 4.74 Å². The second-order valence-corrected chi connectivity index (χ2v) is 5.94. The number of unbranched alkanes of at least 4 members (excludes halogenated alkanes) is 1. The molecule has 0 aromatic carbocycles. The van der Waals surface area contributed by atoms with E-state index < -0.39 is 0 Å². The second-order valence-electron chi connectivity index (χ2n) is 4.77. The van der Waals surface area contributed by atoms with Gasteiger partial charge in [0.25, 0.3) is 0 Å². The van der Waals surface area contributed by atoms with Crippen molar-refractivity contribution in [3.63, 3.8) is 0 Å².